The lowest BCUT2D eigenvalue weighted by atomic mass is 10.1. The maximum Gasteiger partial charge on any atom is 0.573 e. The molecule has 0 aliphatic carbocycles. The van der Waals surface area contributed by atoms with Gasteiger partial charge in [-0.15, -0.1) is 13.2 Å². The molecule has 0 fully saturated rings. The van der Waals surface area contributed by atoms with E-state index in [1.807, 2.05) is 0 Å². The van der Waals surface area contributed by atoms with Gasteiger partial charge in [0.05, 0.1) is 18.2 Å². The number of alkyl halides is 6. The van der Waals surface area contributed by atoms with Crippen molar-refractivity contribution >= 4 is 17.7 Å². The number of carbonyl (C=O) groups is 1. The van der Waals surface area contributed by atoms with Gasteiger partial charge in [0.15, 0.2) is 0 Å². The number of halogens is 6. The van der Waals surface area contributed by atoms with Crippen molar-refractivity contribution in [2.45, 2.75) is 16.8 Å². The first kappa shape index (κ1) is 18.0. The van der Waals surface area contributed by atoms with E-state index in [4.69, 9.17) is 5.26 Å². The number of nitriles is 1. The van der Waals surface area contributed by atoms with E-state index in [0.29, 0.717) is 12.1 Å². The van der Waals surface area contributed by atoms with Gasteiger partial charge in [0.1, 0.15) is 11.8 Å². The first-order valence-corrected chi connectivity index (χ1v) is 5.96. The van der Waals surface area contributed by atoms with Gasteiger partial charge in [0.25, 0.3) is 0 Å². The second-order valence-corrected chi connectivity index (χ2v) is 4.65. The van der Waals surface area contributed by atoms with Crippen LogP contribution in [0.4, 0.5) is 26.3 Å². The van der Waals surface area contributed by atoms with Gasteiger partial charge in [0.2, 0.25) is 0 Å². The van der Waals surface area contributed by atoms with Crippen LogP contribution in [0.2, 0.25) is 0 Å². The second kappa shape index (κ2) is 6.35. The molecule has 1 aromatic rings. The highest BCUT2D eigenvalue weighted by Gasteiger charge is 2.36. The number of ether oxygens (including phenoxy) is 2. The molecule has 120 valence electrons. The van der Waals surface area contributed by atoms with Gasteiger partial charge in [-0.1, -0.05) is 0 Å². The van der Waals surface area contributed by atoms with Crippen molar-refractivity contribution in [3.8, 4) is 11.8 Å². The molecule has 0 atom stereocenters. The Balaban J connectivity index is 3.46. The van der Waals surface area contributed by atoms with Crippen molar-refractivity contribution in [1.82, 2.24) is 0 Å². The van der Waals surface area contributed by atoms with E-state index in [9.17, 15) is 31.1 Å². The number of methoxy groups -OCH3 is 1. The fourth-order valence-electron chi connectivity index (χ4n) is 1.34. The summed E-state index contributed by atoms with van der Waals surface area (Å²) in [4.78, 5) is 10.5. The van der Waals surface area contributed by atoms with Gasteiger partial charge < -0.3 is 9.47 Å². The number of esters is 1. The summed E-state index contributed by atoms with van der Waals surface area (Å²) in [6, 6.07) is 2.16. The fraction of sp³-hybridized carbons (Fsp3) is 0.273. The van der Waals surface area contributed by atoms with E-state index in [1.54, 1.807) is 0 Å². The monoisotopic (exact) mass is 345 g/mol. The molecule has 0 aromatic heterocycles. The normalized spacial score (nSPS) is 11.7. The Morgan fingerprint density at radius 2 is 1.82 bits per heavy atom. The van der Waals surface area contributed by atoms with Crippen LogP contribution in [-0.4, -0.2) is 24.9 Å². The lowest BCUT2D eigenvalue weighted by Gasteiger charge is -2.15. The largest absolute Gasteiger partial charge is 0.573 e. The van der Waals surface area contributed by atoms with E-state index in [0.717, 1.165) is 7.11 Å². The van der Waals surface area contributed by atoms with E-state index in [1.165, 1.54) is 6.07 Å². The molecule has 0 saturated carbocycles. The number of carbonyl (C=O) groups excluding carboxylic acids is 1. The van der Waals surface area contributed by atoms with Crippen LogP contribution in [0.3, 0.4) is 0 Å². The van der Waals surface area contributed by atoms with E-state index in [-0.39, 0.29) is 0 Å². The highest BCUT2D eigenvalue weighted by molar-refractivity contribution is 8.00. The van der Waals surface area contributed by atoms with Crippen molar-refractivity contribution in [2.24, 2.45) is 0 Å². The Kier molecular flexibility index (Phi) is 5.18. The SMILES string of the molecule is COC(=O)c1cc(C#N)c(OC(F)(F)F)cc1SC(F)(F)F. The number of nitrogens with zero attached hydrogens (tertiary/aromatic N) is 1. The van der Waals surface area contributed by atoms with Crippen molar-refractivity contribution in [3.05, 3.63) is 23.3 Å². The molecule has 0 aliphatic heterocycles. The highest BCUT2D eigenvalue weighted by atomic mass is 32.2. The molecule has 0 unspecified atom stereocenters. The third-order valence-corrected chi connectivity index (χ3v) is 2.85. The van der Waals surface area contributed by atoms with Crippen molar-refractivity contribution in [1.29, 1.82) is 5.26 Å². The Morgan fingerprint density at radius 3 is 2.23 bits per heavy atom. The van der Waals surface area contributed by atoms with Gasteiger partial charge in [-0.3, -0.25) is 0 Å². The lowest BCUT2D eigenvalue weighted by molar-refractivity contribution is -0.274. The van der Waals surface area contributed by atoms with Crippen LogP contribution in [0.15, 0.2) is 17.0 Å². The van der Waals surface area contributed by atoms with Crippen LogP contribution >= 0.6 is 11.8 Å². The maximum absolute atomic E-state index is 12.4. The average Bonchev–Trinajstić information content (AvgIpc) is 2.34. The Labute approximate surface area is 123 Å². The van der Waals surface area contributed by atoms with Crippen LogP contribution in [0.5, 0.6) is 5.75 Å². The molecular weight excluding hydrogens is 340 g/mol. The Morgan fingerprint density at radius 1 is 1.23 bits per heavy atom. The molecule has 0 aliphatic rings. The first-order valence-electron chi connectivity index (χ1n) is 5.15. The topological polar surface area (TPSA) is 59.3 Å². The average molecular weight is 345 g/mol. The van der Waals surface area contributed by atoms with Gasteiger partial charge in [-0.2, -0.15) is 18.4 Å². The number of hydrogen-bond acceptors (Lipinski definition) is 5. The quantitative estimate of drug-likeness (QED) is 0.473. The molecule has 0 N–H and O–H groups in total. The Hall–Kier alpha value is -2.09. The van der Waals surface area contributed by atoms with Crippen LogP contribution < -0.4 is 4.74 Å². The minimum absolute atomic E-state index is 0.316. The van der Waals surface area contributed by atoms with Crippen LogP contribution in [0.1, 0.15) is 15.9 Å². The molecule has 0 heterocycles. The maximum atomic E-state index is 12.4. The smallest absolute Gasteiger partial charge is 0.465 e. The molecule has 22 heavy (non-hydrogen) atoms. The summed E-state index contributed by atoms with van der Waals surface area (Å²) in [5.41, 5.74) is -6.33. The number of rotatable bonds is 3. The predicted molar refractivity (Wildman–Crippen MR) is 61.1 cm³/mol. The fourth-order valence-corrected chi connectivity index (χ4v) is 2.00. The summed E-state index contributed by atoms with van der Waals surface area (Å²) in [6.07, 6.45) is -5.21. The van der Waals surface area contributed by atoms with Crippen LogP contribution in [0, 0.1) is 11.3 Å². The molecule has 0 spiro atoms. The standard InChI is InChI=1S/C11H5F6NO3S/c1-20-9(19)6-2-5(4-18)7(21-10(12,13)14)3-8(6)22-11(15,16)17/h2-3H,1H3. The third-order valence-electron chi connectivity index (χ3n) is 2.06. The molecule has 1 aromatic carbocycles. The molecule has 0 saturated heterocycles. The zero-order valence-electron chi connectivity index (χ0n) is 10.5. The molecule has 0 radical (unpaired) electrons. The first-order chi connectivity index (χ1) is 9.96. The van der Waals surface area contributed by atoms with Crippen molar-refractivity contribution in [2.75, 3.05) is 7.11 Å². The van der Waals surface area contributed by atoms with Gasteiger partial charge >= 0.3 is 17.8 Å². The van der Waals surface area contributed by atoms with Crippen molar-refractivity contribution < 1.29 is 40.6 Å². The number of hydrogen-bond donors (Lipinski definition) is 0. The number of thioether (sulfide) groups is 1. The third kappa shape index (κ3) is 5.03. The Bertz CT molecular complexity index is 620. The molecule has 11 heteroatoms. The summed E-state index contributed by atoms with van der Waals surface area (Å²) in [5, 5.41) is 8.74. The highest BCUT2D eigenvalue weighted by Crippen LogP contribution is 2.41. The minimum atomic E-state index is -5.21. The zero-order valence-corrected chi connectivity index (χ0v) is 11.3. The van der Waals surface area contributed by atoms with E-state index in [2.05, 4.69) is 9.47 Å². The van der Waals surface area contributed by atoms with Crippen LogP contribution in [-0.2, 0) is 4.74 Å². The van der Waals surface area contributed by atoms with Gasteiger partial charge in [-0.25, -0.2) is 4.79 Å². The summed E-state index contributed by atoms with van der Waals surface area (Å²) < 4.78 is 81.6. The van der Waals surface area contributed by atoms with Gasteiger partial charge in [-0.05, 0) is 23.9 Å². The van der Waals surface area contributed by atoms with Gasteiger partial charge in [0, 0.05) is 4.90 Å². The summed E-state index contributed by atoms with van der Waals surface area (Å²) >= 11 is -0.827. The van der Waals surface area contributed by atoms with Crippen LogP contribution in [0.25, 0.3) is 0 Å². The molecule has 0 amide bonds. The van der Waals surface area contributed by atoms with E-state index >= 15 is 0 Å². The number of benzene rings is 1. The molecule has 1 rings (SSSR count). The molecule has 4 nitrogen and oxygen atoms in total. The summed E-state index contributed by atoms with van der Waals surface area (Å²) in [5.74, 6) is -2.38. The molecular formula is C11H5F6NO3S. The summed E-state index contributed by atoms with van der Waals surface area (Å²) in [6.45, 7) is 0. The zero-order chi connectivity index (χ0) is 17.1. The molecule has 0 bridgehead atoms. The lowest BCUT2D eigenvalue weighted by Crippen LogP contribution is -2.18. The summed E-state index contributed by atoms with van der Waals surface area (Å²) in [7, 11) is 0.872. The second-order valence-electron chi connectivity index (χ2n) is 3.54. The predicted octanol–water partition coefficient (Wildman–Crippen LogP) is 3.86. The minimum Gasteiger partial charge on any atom is -0.465 e. The van der Waals surface area contributed by atoms with E-state index < -0.39 is 51.4 Å². The van der Waals surface area contributed by atoms with Crippen molar-refractivity contribution in [3.63, 3.8) is 0 Å².